The Hall–Kier alpha value is -2.77. The number of nitrogens with two attached hydrogens (primary N) is 1. The molecule has 7 nitrogen and oxygen atoms in total. The number of hydrogen-bond donors (Lipinski definition) is 3. The highest BCUT2D eigenvalue weighted by Crippen LogP contribution is 2.38. The van der Waals surface area contributed by atoms with E-state index in [-0.39, 0.29) is 12.1 Å². The summed E-state index contributed by atoms with van der Waals surface area (Å²) in [5.74, 6) is 0.985. The highest BCUT2D eigenvalue weighted by atomic mass is 35.5. The largest absolute Gasteiger partial charge is 0.484 e. The van der Waals surface area contributed by atoms with Gasteiger partial charge in [0.2, 0.25) is 0 Å². The van der Waals surface area contributed by atoms with E-state index < -0.39 is 5.91 Å². The third-order valence-electron chi connectivity index (χ3n) is 5.60. The number of amidine groups is 1. The molecule has 1 fully saturated rings. The van der Waals surface area contributed by atoms with E-state index >= 15 is 0 Å². The lowest BCUT2D eigenvalue weighted by Crippen LogP contribution is -2.58. The molecule has 2 aliphatic rings. The zero-order chi connectivity index (χ0) is 21.1. The molecule has 1 amide bonds. The second-order valence-electron chi connectivity index (χ2n) is 7.89. The van der Waals surface area contributed by atoms with Gasteiger partial charge >= 0.3 is 0 Å². The number of piperidine rings is 1. The number of anilines is 2. The van der Waals surface area contributed by atoms with Gasteiger partial charge in [-0.1, -0.05) is 23.7 Å². The molecule has 1 saturated heterocycles. The molecular weight excluding hydrogens is 402 g/mol. The predicted molar refractivity (Wildman–Crippen MR) is 120 cm³/mol. The van der Waals surface area contributed by atoms with Gasteiger partial charge in [0, 0.05) is 24.2 Å². The van der Waals surface area contributed by atoms with Crippen LogP contribution in [0.2, 0.25) is 5.02 Å². The minimum atomic E-state index is -0.507. The van der Waals surface area contributed by atoms with E-state index in [4.69, 9.17) is 27.1 Å². The molecule has 1 spiro atoms. The predicted octanol–water partition coefficient (Wildman–Crippen LogP) is 3.10. The van der Waals surface area contributed by atoms with E-state index in [1.165, 1.54) is 0 Å². The zero-order valence-electron chi connectivity index (χ0n) is 17.0. The van der Waals surface area contributed by atoms with Crippen molar-refractivity contribution < 1.29 is 9.53 Å². The second kappa shape index (κ2) is 8.53. The third kappa shape index (κ3) is 4.52. The van der Waals surface area contributed by atoms with Crippen molar-refractivity contribution in [2.24, 2.45) is 10.7 Å². The van der Waals surface area contributed by atoms with Crippen LogP contribution >= 0.6 is 11.6 Å². The van der Waals surface area contributed by atoms with Gasteiger partial charge in [0.15, 0.2) is 6.61 Å². The Morgan fingerprint density at radius 1 is 1.23 bits per heavy atom. The van der Waals surface area contributed by atoms with Crippen LogP contribution in [0, 0.1) is 0 Å². The van der Waals surface area contributed by atoms with Crippen molar-refractivity contribution >= 4 is 34.7 Å². The van der Waals surface area contributed by atoms with Gasteiger partial charge < -0.3 is 26.0 Å². The van der Waals surface area contributed by atoms with Crippen LogP contribution in [0.15, 0.2) is 47.5 Å². The molecule has 0 aromatic heterocycles. The van der Waals surface area contributed by atoms with E-state index in [0.717, 1.165) is 48.7 Å². The molecule has 0 unspecified atom stereocenters. The number of rotatable bonds is 5. The first-order valence-electron chi connectivity index (χ1n) is 10.0. The van der Waals surface area contributed by atoms with Crippen molar-refractivity contribution in [1.82, 2.24) is 4.90 Å². The molecule has 4 rings (SSSR count). The van der Waals surface area contributed by atoms with E-state index in [1.807, 2.05) is 42.5 Å². The van der Waals surface area contributed by atoms with Crippen LogP contribution in [0.25, 0.3) is 0 Å². The molecule has 2 heterocycles. The summed E-state index contributed by atoms with van der Waals surface area (Å²) in [7, 11) is 2.14. The number of nitrogens with zero attached hydrogens (tertiary/aromatic N) is 2. The lowest BCUT2D eigenvalue weighted by Gasteiger charge is -2.46. The number of primary amides is 1. The number of carbonyl (C=O) groups excluding carboxylic acids is 1. The summed E-state index contributed by atoms with van der Waals surface area (Å²) in [5, 5.41) is 7.96. The van der Waals surface area contributed by atoms with Crippen LogP contribution in [-0.4, -0.2) is 48.9 Å². The van der Waals surface area contributed by atoms with E-state index in [9.17, 15) is 4.79 Å². The first-order chi connectivity index (χ1) is 14.4. The van der Waals surface area contributed by atoms with E-state index in [1.54, 1.807) is 0 Å². The van der Waals surface area contributed by atoms with Crippen molar-refractivity contribution in [2.45, 2.75) is 24.9 Å². The Morgan fingerprint density at radius 3 is 2.77 bits per heavy atom. The van der Waals surface area contributed by atoms with Gasteiger partial charge in [0.05, 0.1) is 23.5 Å². The molecule has 4 N–H and O–H groups in total. The number of benzene rings is 2. The summed E-state index contributed by atoms with van der Waals surface area (Å²) in [6.45, 7) is 2.35. The van der Waals surface area contributed by atoms with Gasteiger partial charge in [-0.25, -0.2) is 0 Å². The van der Waals surface area contributed by atoms with Crippen molar-refractivity contribution in [2.75, 3.05) is 37.4 Å². The fraction of sp³-hybridized carbons (Fsp3) is 0.364. The minimum absolute atomic E-state index is 0.155. The lowest BCUT2D eigenvalue weighted by atomic mass is 9.84. The summed E-state index contributed by atoms with van der Waals surface area (Å²) in [6.07, 6.45) is 1.90. The van der Waals surface area contributed by atoms with Crippen molar-refractivity contribution in [3.63, 3.8) is 0 Å². The fourth-order valence-corrected chi connectivity index (χ4v) is 4.12. The maximum Gasteiger partial charge on any atom is 0.255 e. The fourth-order valence-electron chi connectivity index (χ4n) is 3.90. The quantitative estimate of drug-likeness (QED) is 0.681. The highest BCUT2D eigenvalue weighted by molar-refractivity contribution is 6.30. The van der Waals surface area contributed by atoms with Crippen LogP contribution in [0.1, 0.15) is 18.4 Å². The molecule has 0 atom stereocenters. The molecule has 30 heavy (non-hydrogen) atoms. The number of aliphatic imine (C=N–C) groups is 1. The summed E-state index contributed by atoms with van der Waals surface area (Å²) >= 11 is 6.13. The number of halogens is 1. The van der Waals surface area contributed by atoms with Crippen LogP contribution in [0.4, 0.5) is 11.4 Å². The van der Waals surface area contributed by atoms with Gasteiger partial charge in [-0.2, -0.15) is 0 Å². The first kappa shape index (κ1) is 20.5. The van der Waals surface area contributed by atoms with Crippen molar-refractivity contribution in [3.8, 4) is 5.75 Å². The van der Waals surface area contributed by atoms with Crippen molar-refractivity contribution in [3.05, 3.63) is 53.1 Å². The maximum absolute atomic E-state index is 11.0. The van der Waals surface area contributed by atoms with Crippen molar-refractivity contribution in [1.29, 1.82) is 0 Å². The zero-order valence-corrected chi connectivity index (χ0v) is 17.7. The Morgan fingerprint density at radius 2 is 2.03 bits per heavy atom. The second-order valence-corrected chi connectivity index (χ2v) is 8.33. The normalized spacial score (nSPS) is 19.1. The Bertz CT molecular complexity index is 970. The molecule has 0 saturated carbocycles. The van der Waals surface area contributed by atoms with Crippen LogP contribution < -0.4 is 21.1 Å². The average molecular weight is 428 g/mol. The SMILES string of the molecule is CN1CCC2(CC1)Nc1ccc(OCC(N)=O)cc1NC2=NCc1cccc(Cl)c1. The molecule has 158 valence electrons. The monoisotopic (exact) mass is 427 g/mol. The number of fused-ring (bicyclic) bond motifs is 1. The van der Waals surface area contributed by atoms with Crippen LogP contribution in [-0.2, 0) is 11.3 Å². The Kier molecular flexibility index (Phi) is 5.83. The van der Waals surface area contributed by atoms with Gasteiger partial charge in [-0.05, 0) is 49.7 Å². The molecule has 2 aliphatic heterocycles. The van der Waals surface area contributed by atoms with Gasteiger partial charge in [-0.15, -0.1) is 0 Å². The molecule has 0 aliphatic carbocycles. The minimum Gasteiger partial charge on any atom is -0.484 e. The van der Waals surface area contributed by atoms with E-state index in [0.29, 0.717) is 17.3 Å². The highest BCUT2D eigenvalue weighted by Gasteiger charge is 2.42. The Balaban J connectivity index is 1.63. The molecule has 2 aromatic rings. The molecule has 8 heteroatoms. The number of likely N-dealkylation sites (tertiary alicyclic amines) is 1. The number of amides is 1. The summed E-state index contributed by atoms with van der Waals surface area (Å²) in [4.78, 5) is 18.3. The number of carbonyl (C=O) groups is 1. The molecule has 0 radical (unpaired) electrons. The molecular formula is C22H26ClN5O2. The van der Waals surface area contributed by atoms with Crippen LogP contribution in [0.5, 0.6) is 5.75 Å². The Labute approximate surface area is 181 Å². The van der Waals surface area contributed by atoms with Crippen LogP contribution in [0.3, 0.4) is 0 Å². The number of hydrogen-bond acceptors (Lipinski definition) is 5. The summed E-state index contributed by atoms with van der Waals surface area (Å²) < 4.78 is 5.46. The van der Waals surface area contributed by atoms with Gasteiger partial charge in [0.1, 0.15) is 11.6 Å². The first-order valence-corrected chi connectivity index (χ1v) is 10.4. The van der Waals surface area contributed by atoms with Gasteiger partial charge in [-0.3, -0.25) is 9.79 Å². The third-order valence-corrected chi connectivity index (χ3v) is 5.84. The number of ether oxygens (including phenoxy) is 1. The van der Waals surface area contributed by atoms with E-state index in [2.05, 4.69) is 22.6 Å². The average Bonchev–Trinajstić information content (AvgIpc) is 2.73. The van der Waals surface area contributed by atoms with Gasteiger partial charge in [0.25, 0.3) is 5.91 Å². The number of nitrogens with one attached hydrogen (secondary N) is 2. The topological polar surface area (TPSA) is 92.0 Å². The maximum atomic E-state index is 11.0. The standard InChI is InChI=1S/C22H26ClN5O2/c1-28-9-7-22(8-10-28)21(25-13-15-3-2-4-16(23)11-15)26-19-12-17(30-14-20(24)29)5-6-18(19)27-22/h2-6,11-12,27H,7-10,13-14H2,1H3,(H2,24,29)(H,25,26). The molecule has 2 aromatic carbocycles. The summed E-state index contributed by atoms with van der Waals surface area (Å²) in [6, 6.07) is 13.4. The molecule has 0 bridgehead atoms. The summed E-state index contributed by atoms with van der Waals surface area (Å²) in [5.41, 5.74) is 7.86. The smallest absolute Gasteiger partial charge is 0.255 e. The lowest BCUT2D eigenvalue weighted by molar-refractivity contribution is -0.119.